The molecule has 0 unspecified atom stereocenters. The average Bonchev–Trinajstić information content (AvgIpc) is 3.23. The number of thiazole rings is 1. The van der Waals surface area contributed by atoms with Gasteiger partial charge in [-0.25, -0.2) is 9.97 Å². The van der Waals surface area contributed by atoms with E-state index in [4.69, 9.17) is 5.73 Å². The third-order valence-electron chi connectivity index (χ3n) is 4.90. The topological polar surface area (TPSA) is 174 Å². The molecule has 2 aromatic heterocycles. The van der Waals surface area contributed by atoms with E-state index in [-0.39, 0.29) is 46.1 Å². The number of hydrogen-bond donors (Lipinski definition) is 3. The van der Waals surface area contributed by atoms with Crippen LogP contribution in [-0.2, 0) is 14.4 Å². The Morgan fingerprint density at radius 2 is 2.21 bits per heavy atom. The number of nitrogens with two attached hydrogens (primary N) is 1. The van der Waals surface area contributed by atoms with Crippen molar-refractivity contribution in [2.45, 2.75) is 22.9 Å². The first-order valence-corrected chi connectivity index (χ1v) is 12.5. The van der Waals surface area contributed by atoms with Crippen molar-refractivity contribution in [3.63, 3.8) is 0 Å². The summed E-state index contributed by atoms with van der Waals surface area (Å²) in [7, 11) is 0. The molecule has 2 aliphatic rings. The molecule has 0 bridgehead atoms. The Hall–Kier alpha value is -2.10. The van der Waals surface area contributed by atoms with Crippen LogP contribution in [0.4, 0.5) is 5.13 Å². The number of nitrogens with zero attached hydrogens (tertiary/aromatic N) is 4. The van der Waals surface area contributed by atoms with Crippen LogP contribution in [0.5, 0.6) is 0 Å². The minimum Gasteiger partial charge on any atom is -0.543 e. The maximum Gasteiger partial charge on any atom is 1.00 e. The number of pyridine rings is 1. The summed E-state index contributed by atoms with van der Waals surface area (Å²) in [6.45, 7) is 0. The second-order valence-electron chi connectivity index (χ2n) is 6.89. The van der Waals surface area contributed by atoms with Crippen molar-refractivity contribution in [1.82, 2.24) is 20.2 Å². The smallest absolute Gasteiger partial charge is 0.543 e. The van der Waals surface area contributed by atoms with E-state index in [0.29, 0.717) is 23.5 Å². The third kappa shape index (κ3) is 5.42. The zero-order chi connectivity index (χ0) is 23.5. The third-order valence-corrected chi connectivity index (χ3v) is 7.86. The SMILES string of the molecule is Nc1nc(/C(=N/O)C(=O)N[C@@H]2C(=O)N3C(C(=O)[O-])=C(CCSc4ccccn4)CS[C@H]23)cs1.[Na+]. The monoisotopic (exact) mass is 528 g/mol. The number of amides is 2. The second kappa shape index (κ2) is 11.6. The van der Waals surface area contributed by atoms with Crippen LogP contribution in [0.3, 0.4) is 0 Å². The van der Waals surface area contributed by atoms with Crippen LogP contribution < -0.4 is 45.7 Å². The number of oxime groups is 1. The number of fused-ring (bicyclic) bond motifs is 1. The van der Waals surface area contributed by atoms with E-state index in [0.717, 1.165) is 21.3 Å². The van der Waals surface area contributed by atoms with E-state index in [1.807, 2.05) is 18.2 Å². The molecule has 2 amide bonds. The first-order chi connectivity index (χ1) is 15.9. The van der Waals surface area contributed by atoms with Crippen LogP contribution in [0.15, 0.2) is 51.2 Å². The normalized spacial score (nSPS) is 19.7. The molecule has 0 aliphatic carbocycles. The van der Waals surface area contributed by atoms with Gasteiger partial charge in [-0.15, -0.1) is 34.9 Å². The van der Waals surface area contributed by atoms with Gasteiger partial charge in [-0.2, -0.15) is 0 Å². The van der Waals surface area contributed by atoms with Crippen LogP contribution in [0.2, 0.25) is 0 Å². The van der Waals surface area contributed by atoms with Crippen molar-refractivity contribution < 1.29 is 54.3 Å². The van der Waals surface area contributed by atoms with Crippen molar-refractivity contribution in [3.8, 4) is 0 Å². The van der Waals surface area contributed by atoms with Crippen molar-refractivity contribution >= 4 is 63.5 Å². The van der Waals surface area contributed by atoms with E-state index in [1.165, 1.54) is 28.9 Å². The maximum atomic E-state index is 12.8. The number of thioether (sulfide) groups is 2. The molecule has 4 rings (SSSR count). The number of carboxylic acid groups (broad SMARTS) is 1. The molecule has 2 aromatic rings. The Morgan fingerprint density at radius 1 is 1.41 bits per heavy atom. The summed E-state index contributed by atoms with van der Waals surface area (Å²) in [5, 5.41) is 28.4. The van der Waals surface area contributed by atoms with Gasteiger partial charge in [0.05, 0.1) is 16.7 Å². The molecule has 1 fully saturated rings. The van der Waals surface area contributed by atoms with Gasteiger partial charge in [0.15, 0.2) is 10.8 Å². The molecule has 11 nitrogen and oxygen atoms in total. The largest absolute Gasteiger partial charge is 1.00 e. The molecule has 0 radical (unpaired) electrons. The summed E-state index contributed by atoms with van der Waals surface area (Å²) < 4.78 is 0. The fourth-order valence-electron chi connectivity index (χ4n) is 3.39. The van der Waals surface area contributed by atoms with Crippen LogP contribution in [0.1, 0.15) is 12.1 Å². The molecule has 15 heteroatoms. The predicted octanol–water partition coefficient (Wildman–Crippen LogP) is -3.11. The standard InChI is InChI=1S/C19H18N6O5S3.Na/c20-19-22-10(8-33-19)12(24-30)15(26)23-13-16(27)25-14(18(28)29)9(7-32-17(13)25)4-6-31-11-3-1-2-5-21-11;/h1-3,5,8,13,17,30H,4,6-7H2,(H2,20,22)(H,23,26)(H,28,29);/q;+1/p-1/b24-12-;/t13-,17-;/m1./s1. The second-order valence-corrected chi connectivity index (χ2v) is 10.00. The van der Waals surface area contributed by atoms with Crippen LogP contribution in [-0.4, -0.2) is 66.5 Å². The van der Waals surface area contributed by atoms with Gasteiger partial charge in [0.1, 0.15) is 17.1 Å². The first kappa shape index (κ1) is 26.5. The molecule has 1 saturated heterocycles. The number of rotatable bonds is 8. The molecule has 0 saturated carbocycles. The van der Waals surface area contributed by atoms with Crippen molar-refractivity contribution in [2.75, 3.05) is 17.2 Å². The van der Waals surface area contributed by atoms with Crippen molar-refractivity contribution in [2.24, 2.45) is 5.16 Å². The number of aromatic nitrogens is 2. The molecule has 2 atom stereocenters. The van der Waals surface area contributed by atoms with Gasteiger partial charge in [0.25, 0.3) is 11.8 Å². The van der Waals surface area contributed by atoms with Crippen molar-refractivity contribution in [1.29, 1.82) is 0 Å². The molecule has 34 heavy (non-hydrogen) atoms. The first-order valence-electron chi connectivity index (χ1n) is 9.57. The van der Waals surface area contributed by atoms with Gasteiger partial charge in [-0.1, -0.05) is 11.2 Å². The van der Waals surface area contributed by atoms with E-state index in [1.54, 1.807) is 6.20 Å². The quantitative estimate of drug-likeness (QED) is 0.0795. The molecule has 172 valence electrons. The van der Waals surface area contributed by atoms with Gasteiger partial charge in [0, 0.05) is 23.1 Å². The van der Waals surface area contributed by atoms with Gasteiger partial charge < -0.3 is 26.2 Å². The van der Waals surface area contributed by atoms with E-state index >= 15 is 0 Å². The minimum atomic E-state index is -1.44. The molecule has 2 aliphatic heterocycles. The summed E-state index contributed by atoms with van der Waals surface area (Å²) in [5.74, 6) is -1.88. The Kier molecular flexibility index (Phi) is 9.01. The van der Waals surface area contributed by atoms with Crippen LogP contribution >= 0.6 is 34.9 Å². The van der Waals surface area contributed by atoms with Crippen LogP contribution in [0, 0.1) is 0 Å². The summed E-state index contributed by atoms with van der Waals surface area (Å²) >= 11 is 3.89. The fraction of sp³-hybridized carbons (Fsp3) is 0.263. The van der Waals surface area contributed by atoms with E-state index in [9.17, 15) is 24.7 Å². The van der Waals surface area contributed by atoms with Gasteiger partial charge in [-0.3, -0.25) is 14.5 Å². The Morgan fingerprint density at radius 3 is 2.82 bits per heavy atom. The zero-order valence-corrected chi connectivity index (χ0v) is 22.3. The zero-order valence-electron chi connectivity index (χ0n) is 17.8. The Labute approximate surface area is 228 Å². The maximum absolute atomic E-state index is 12.8. The summed E-state index contributed by atoms with van der Waals surface area (Å²) in [4.78, 5) is 46.4. The predicted molar refractivity (Wildman–Crippen MR) is 121 cm³/mol. The number of carbonyl (C=O) groups excluding carboxylic acids is 3. The van der Waals surface area contributed by atoms with E-state index in [2.05, 4.69) is 20.4 Å². The summed E-state index contributed by atoms with van der Waals surface area (Å²) in [5.41, 5.74) is 5.66. The molecular weight excluding hydrogens is 511 g/mol. The van der Waals surface area contributed by atoms with E-state index < -0.39 is 34.9 Å². The number of aliphatic carboxylic acids is 1. The van der Waals surface area contributed by atoms with Crippen molar-refractivity contribution in [3.05, 3.63) is 46.7 Å². The number of β-lactam (4-membered cyclic amide) rings is 1. The van der Waals surface area contributed by atoms with Crippen LogP contribution in [0.25, 0.3) is 0 Å². The number of anilines is 1. The Bertz CT molecular complexity index is 1160. The molecular formula is C19H17N6NaO5S3. The average molecular weight is 529 g/mol. The van der Waals surface area contributed by atoms with Gasteiger partial charge >= 0.3 is 29.6 Å². The number of carboxylic acids is 1. The number of hydrogen-bond acceptors (Lipinski definition) is 12. The summed E-state index contributed by atoms with van der Waals surface area (Å²) in [6.07, 6.45) is 2.12. The Balaban J connectivity index is 0.00000324. The number of nitrogen functional groups attached to an aromatic ring is 1. The fourth-order valence-corrected chi connectivity index (χ4v) is 6.20. The number of carbonyl (C=O) groups is 3. The molecule has 4 N–H and O–H groups in total. The number of nitrogens with one attached hydrogen (secondary N) is 1. The molecule has 0 aromatic carbocycles. The molecule has 4 heterocycles. The van der Waals surface area contributed by atoms with Gasteiger partial charge in [-0.05, 0) is 24.1 Å². The molecule has 0 spiro atoms. The summed E-state index contributed by atoms with van der Waals surface area (Å²) in [6, 6.07) is 4.56. The minimum absolute atomic E-state index is 0. The van der Waals surface area contributed by atoms with Gasteiger partial charge in [0.2, 0.25) is 0 Å².